The fourth-order valence-corrected chi connectivity index (χ4v) is 5.79. The molecule has 36 heavy (non-hydrogen) atoms. The molecule has 3 aromatic rings. The lowest BCUT2D eigenvalue weighted by Gasteiger charge is -2.39. The van der Waals surface area contributed by atoms with Crippen LogP contribution < -0.4 is 5.84 Å². The number of benzene rings is 2. The number of carbonyl (C=O) groups excluding carboxylic acids is 1. The van der Waals surface area contributed by atoms with E-state index in [2.05, 4.69) is 48.7 Å². The van der Waals surface area contributed by atoms with Gasteiger partial charge < -0.3 is 15.6 Å². The van der Waals surface area contributed by atoms with Gasteiger partial charge in [0.15, 0.2) is 6.29 Å². The second-order valence-electron chi connectivity index (χ2n) is 9.59. The van der Waals surface area contributed by atoms with Crippen molar-refractivity contribution in [2.75, 3.05) is 7.11 Å². The summed E-state index contributed by atoms with van der Waals surface area (Å²) in [5, 5.41) is 4.60. The lowest BCUT2D eigenvalue weighted by atomic mass is 9.73. The Morgan fingerprint density at radius 3 is 2.75 bits per heavy atom. The van der Waals surface area contributed by atoms with Crippen molar-refractivity contribution in [3.05, 3.63) is 99.8 Å². The number of hydrazone groups is 1. The first-order valence-electron chi connectivity index (χ1n) is 12.4. The van der Waals surface area contributed by atoms with Crippen molar-refractivity contribution >= 4 is 29.0 Å². The number of aromatic nitrogens is 1. The molecule has 1 heterocycles. The molecule has 5 nitrogen and oxygen atoms in total. The summed E-state index contributed by atoms with van der Waals surface area (Å²) >= 11 is 0. The highest BCUT2D eigenvalue weighted by Gasteiger charge is 2.38. The Hall–Kier alpha value is -3.70. The minimum atomic E-state index is -0.434. The third-order valence-electron chi connectivity index (χ3n) is 7.37. The quantitative estimate of drug-likeness (QED) is 0.127. The molecule has 2 aromatic carbocycles. The molecule has 1 aliphatic carbocycles. The first-order valence-corrected chi connectivity index (χ1v) is 12.4. The number of rotatable bonds is 8. The number of hydrogen-bond acceptors (Lipinski definition) is 4. The van der Waals surface area contributed by atoms with Gasteiger partial charge in [0.25, 0.3) is 0 Å². The predicted octanol–water partition coefficient (Wildman–Crippen LogP) is 6.46. The average Bonchev–Trinajstić information content (AvgIpc) is 3.22. The molecule has 0 radical (unpaired) electrons. The van der Waals surface area contributed by atoms with Crippen molar-refractivity contribution in [1.82, 2.24) is 4.98 Å². The van der Waals surface area contributed by atoms with Gasteiger partial charge in [-0.3, -0.25) is 4.79 Å². The van der Waals surface area contributed by atoms with Gasteiger partial charge in [0, 0.05) is 35.6 Å². The number of ether oxygens (including phenoxy) is 1. The second-order valence-corrected chi connectivity index (χ2v) is 9.59. The monoisotopic (exact) mass is 481 g/mol. The minimum absolute atomic E-state index is 0.434. The zero-order valence-corrected chi connectivity index (χ0v) is 21.7. The largest absolute Gasteiger partial charge is 0.373 e. The molecule has 0 bridgehead atoms. The highest BCUT2D eigenvalue weighted by atomic mass is 16.5. The van der Waals surface area contributed by atoms with E-state index in [-0.39, 0.29) is 0 Å². The number of fused-ring (bicyclic) bond motifs is 2. The van der Waals surface area contributed by atoms with Crippen molar-refractivity contribution in [3.63, 3.8) is 0 Å². The average molecular weight is 482 g/mol. The molecular formula is C31H35N3O2. The number of aromatic amines is 1. The zero-order chi connectivity index (χ0) is 25.9. The standard InChI is InChI=1S/C31H35N3O2/c1-6-8-10-23(7-2)30-26(18-33-32)29-24(19-35)15-22(16-28(29)34-30)17-31(36-5)12-9-11-25-21(4)13-20(3)14-27(25)31/h6-8,10,13-16,18-19,34H,1,9,11-12,17,32H2,2-5H3/b10-8-,23-7+,33-18-. The van der Waals surface area contributed by atoms with E-state index in [9.17, 15) is 4.79 Å². The third-order valence-corrected chi connectivity index (χ3v) is 7.37. The number of carbonyl (C=O) groups is 1. The molecule has 186 valence electrons. The number of nitrogens with one attached hydrogen (secondary N) is 1. The summed E-state index contributed by atoms with van der Waals surface area (Å²) in [6.07, 6.45) is 13.8. The van der Waals surface area contributed by atoms with Crippen LogP contribution in [0.5, 0.6) is 0 Å². The molecule has 0 aliphatic heterocycles. The Balaban J connectivity index is 1.89. The number of allylic oxidation sites excluding steroid dienone is 5. The number of H-pyrrole nitrogens is 1. The van der Waals surface area contributed by atoms with Gasteiger partial charge in [-0.1, -0.05) is 48.6 Å². The molecule has 0 amide bonds. The molecule has 3 N–H and O–H groups in total. The van der Waals surface area contributed by atoms with Crippen LogP contribution in [0.25, 0.3) is 16.5 Å². The Bertz CT molecular complexity index is 1410. The predicted molar refractivity (Wildman–Crippen MR) is 150 cm³/mol. The molecule has 1 aromatic heterocycles. The van der Waals surface area contributed by atoms with Gasteiger partial charge in [0.05, 0.1) is 17.5 Å². The Morgan fingerprint density at radius 2 is 2.08 bits per heavy atom. The van der Waals surface area contributed by atoms with Gasteiger partial charge in [-0.2, -0.15) is 5.10 Å². The van der Waals surface area contributed by atoms with Gasteiger partial charge in [0.2, 0.25) is 0 Å². The number of aryl methyl sites for hydroxylation is 2. The summed E-state index contributed by atoms with van der Waals surface area (Å²) in [5.74, 6) is 5.57. The van der Waals surface area contributed by atoms with Gasteiger partial charge in [-0.05, 0) is 80.0 Å². The summed E-state index contributed by atoms with van der Waals surface area (Å²) in [5.41, 5.74) is 9.91. The fraction of sp³-hybridized carbons (Fsp3) is 0.290. The van der Waals surface area contributed by atoms with Gasteiger partial charge in [-0.15, -0.1) is 0 Å². The summed E-state index contributed by atoms with van der Waals surface area (Å²) < 4.78 is 6.31. The van der Waals surface area contributed by atoms with Crippen LogP contribution in [0.15, 0.2) is 60.2 Å². The number of methoxy groups -OCH3 is 1. The molecule has 0 spiro atoms. The summed E-state index contributed by atoms with van der Waals surface area (Å²) in [4.78, 5) is 15.8. The van der Waals surface area contributed by atoms with Crippen LogP contribution in [0, 0.1) is 13.8 Å². The minimum Gasteiger partial charge on any atom is -0.373 e. The number of aldehydes is 1. The molecule has 1 unspecified atom stereocenters. The van der Waals surface area contributed by atoms with E-state index in [4.69, 9.17) is 10.6 Å². The van der Waals surface area contributed by atoms with Crippen LogP contribution in [-0.4, -0.2) is 24.6 Å². The van der Waals surface area contributed by atoms with Crippen molar-refractivity contribution in [1.29, 1.82) is 0 Å². The molecule has 5 heteroatoms. The van der Waals surface area contributed by atoms with E-state index < -0.39 is 5.60 Å². The van der Waals surface area contributed by atoms with E-state index in [0.29, 0.717) is 12.0 Å². The first-order chi connectivity index (χ1) is 17.4. The normalized spacial score (nSPS) is 18.3. The van der Waals surface area contributed by atoms with Crippen LogP contribution in [-0.2, 0) is 23.2 Å². The van der Waals surface area contributed by atoms with E-state index in [1.54, 1.807) is 19.4 Å². The highest BCUT2D eigenvalue weighted by molar-refractivity contribution is 6.11. The Morgan fingerprint density at radius 1 is 1.28 bits per heavy atom. The molecule has 0 saturated carbocycles. The first kappa shape index (κ1) is 25.4. The topological polar surface area (TPSA) is 80.5 Å². The maximum atomic E-state index is 12.3. The summed E-state index contributed by atoms with van der Waals surface area (Å²) in [7, 11) is 1.80. The van der Waals surface area contributed by atoms with Crippen molar-refractivity contribution in [2.24, 2.45) is 10.9 Å². The van der Waals surface area contributed by atoms with Gasteiger partial charge in [0.1, 0.15) is 0 Å². The number of hydrogen-bond donors (Lipinski definition) is 2. The molecular weight excluding hydrogens is 446 g/mol. The van der Waals surface area contributed by atoms with Crippen molar-refractivity contribution in [3.8, 4) is 0 Å². The van der Waals surface area contributed by atoms with E-state index in [1.807, 2.05) is 31.2 Å². The fourth-order valence-electron chi connectivity index (χ4n) is 5.79. The smallest absolute Gasteiger partial charge is 0.150 e. The highest BCUT2D eigenvalue weighted by Crippen LogP contribution is 2.43. The zero-order valence-electron chi connectivity index (χ0n) is 21.7. The summed E-state index contributed by atoms with van der Waals surface area (Å²) in [6.45, 7) is 10.1. The molecule has 0 saturated heterocycles. The Labute approximate surface area is 213 Å². The van der Waals surface area contributed by atoms with Crippen LogP contribution in [0.2, 0.25) is 0 Å². The third kappa shape index (κ3) is 4.47. The maximum absolute atomic E-state index is 12.3. The van der Waals surface area contributed by atoms with Crippen molar-refractivity contribution in [2.45, 2.75) is 52.1 Å². The van der Waals surface area contributed by atoms with E-state index >= 15 is 0 Å². The van der Waals surface area contributed by atoms with Crippen LogP contribution in [0.3, 0.4) is 0 Å². The lowest BCUT2D eigenvalue weighted by Crippen LogP contribution is -2.36. The maximum Gasteiger partial charge on any atom is 0.150 e. The van der Waals surface area contributed by atoms with Crippen LogP contribution >= 0.6 is 0 Å². The van der Waals surface area contributed by atoms with Gasteiger partial charge in [-0.25, -0.2) is 0 Å². The Kier molecular flexibility index (Phi) is 7.41. The number of nitrogens with two attached hydrogens (primary N) is 1. The molecule has 1 atom stereocenters. The van der Waals surface area contributed by atoms with Crippen molar-refractivity contribution < 1.29 is 9.53 Å². The molecule has 0 fully saturated rings. The van der Waals surface area contributed by atoms with Crippen LogP contribution in [0.1, 0.15) is 69.2 Å². The SMILES string of the molecule is C=C/C=C\C(=C/C)c1[nH]c2cc(CC3(OC)CCCc4c(C)cc(C)cc43)cc(C=O)c2c1/C=N\N. The van der Waals surface area contributed by atoms with E-state index in [1.165, 1.54) is 22.3 Å². The van der Waals surface area contributed by atoms with Gasteiger partial charge >= 0.3 is 0 Å². The van der Waals surface area contributed by atoms with Crippen LogP contribution in [0.4, 0.5) is 0 Å². The molecule has 1 aliphatic rings. The lowest BCUT2D eigenvalue weighted by molar-refractivity contribution is -0.0290. The molecule has 4 rings (SSSR count). The number of nitrogens with zero attached hydrogens (tertiary/aromatic N) is 1. The summed E-state index contributed by atoms with van der Waals surface area (Å²) in [6, 6.07) is 8.63. The second kappa shape index (κ2) is 10.5. The van der Waals surface area contributed by atoms with E-state index in [0.717, 1.165) is 58.8 Å².